The van der Waals surface area contributed by atoms with Crippen molar-refractivity contribution in [3.8, 4) is 11.5 Å². The highest BCUT2D eigenvalue weighted by atomic mass is 19.1. The van der Waals surface area contributed by atoms with Crippen LogP contribution in [0, 0.1) is 5.82 Å². The van der Waals surface area contributed by atoms with Gasteiger partial charge >= 0.3 is 0 Å². The van der Waals surface area contributed by atoms with Gasteiger partial charge in [0, 0.05) is 0 Å². The SMILES string of the molecule is COc1ccc(OC)c(C(=O)CN)c1F. The van der Waals surface area contributed by atoms with Gasteiger partial charge in [-0.15, -0.1) is 0 Å². The zero-order valence-corrected chi connectivity index (χ0v) is 8.54. The van der Waals surface area contributed by atoms with Crippen LogP contribution in [0.25, 0.3) is 0 Å². The topological polar surface area (TPSA) is 61.5 Å². The number of halogens is 1. The van der Waals surface area contributed by atoms with E-state index in [-0.39, 0.29) is 23.6 Å². The molecule has 5 heteroatoms. The van der Waals surface area contributed by atoms with Crippen molar-refractivity contribution in [2.24, 2.45) is 5.73 Å². The number of rotatable bonds is 4. The van der Waals surface area contributed by atoms with Gasteiger partial charge in [-0.3, -0.25) is 4.79 Å². The summed E-state index contributed by atoms with van der Waals surface area (Å²) in [5.41, 5.74) is 5.01. The molecule has 1 aromatic carbocycles. The van der Waals surface area contributed by atoms with Crippen LogP contribution in [0.4, 0.5) is 4.39 Å². The maximum Gasteiger partial charge on any atom is 0.183 e. The zero-order chi connectivity index (χ0) is 11.4. The van der Waals surface area contributed by atoms with Crippen molar-refractivity contribution < 1.29 is 18.7 Å². The molecule has 1 aromatic rings. The van der Waals surface area contributed by atoms with Crippen molar-refractivity contribution >= 4 is 5.78 Å². The first-order chi connectivity index (χ1) is 7.15. The van der Waals surface area contributed by atoms with E-state index in [9.17, 15) is 9.18 Å². The fourth-order valence-corrected chi connectivity index (χ4v) is 1.23. The van der Waals surface area contributed by atoms with Crippen molar-refractivity contribution in [2.75, 3.05) is 20.8 Å². The largest absolute Gasteiger partial charge is 0.496 e. The van der Waals surface area contributed by atoms with Crippen LogP contribution in [-0.4, -0.2) is 26.5 Å². The third-order valence-corrected chi connectivity index (χ3v) is 1.97. The molecule has 0 atom stereocenters. The molecule has 0 aliphatic carbocycles. The lowest BCUT2D eigenvalue weighted by atomic mass is 10.1. The van der Waals surface area contributed by atoms with Crippen molar-refractivity contribution in [1.82, 2.24) is 0 Å². The third-order valence-electron chi connectivity index (χ3n) is 1.97. The number of hydrogen-bond acceptors (Lipinski definition) is 4. The van der Waals surface area contributed by atoms with Crippen LogP contribution in [0.2, 0.25) is 0 Å². The average Bonchev–Trinajstić information content (AvgIpc) is 2.27. The molecule has 0 saturated heterocycles. The Kier molecular flexibility index (Phi) is 3.62. The quantitative estimate of drug-likeness (QED) is 0.757. The summed E-state index contributed by atoms with van der Waals surface area (Å²) >= 11 is 0. The van der Waals surface area contributed by atoms with E-state index >= 15 is 0 Å². The molecule has 2 N–H and O–H groups in total. The smallest absolute Gasteiger partial charge is 0.183 e. The zero-order valence-electron chi connectivity index (χ0n) is 8.54. The minimum absolute atomic E-state index is 0.00685. The summed E-state index contributed by atoms with van der Waals surface area (Å²) in [6, 6.07) is 2.85. The van der Waals surface area contributed by atoms with Crippen LogP contribution in [0.1, 0.15) is 10.4 Å². The normalized spacial score (nSPS) is 9.87. The predicted molar refractivity (Wildman–Crippen MR) is 52.9 cm³/mol. The first-order valence-electron chi connectivity index (χ1n) is 4.29. The van der Waals surface area contributed by atoms with Gasteiger partial charge in [0.15, 0.2) is 17.3 Å². The Bertz CT molecular complexity index is 379. The van der Waals surface area contributed by atoms with E-state index in [2.05, 4.69) is 0 Å². The first-order valence-corrected chi connectivity index (χ1v) is 4.29. The Labute approximate surface area is 86.8 Å². The highest BCUT2D eigenvalue weighted by Gasteiger charge is 2.20. The van der Waals surface area contributed by atoms with E-state index in [0.29, 0.717) is 0 Å². The molecule has 0 aromatic heterocycles. The molecule has 4 nitrogen and oxygen atoms in total. The number of nitrogens with two attached hydrogens (primary N) is 1. The lowest BCUT2D eigenvalue weighted by Crippen LogP contribution is -2.16. The fourth-order valence-electron chi connectivity index (χ4n) is 1.23. The van der Waals surface area contributed by atoms with Crippen molar-refractivity contribution in [3.63, 3.8) is 0 Å². The maximum absolute atomic E-state index is 13.7. The minimum atomic E-state index is -0.743. The summed E-state index contributed by atoms with van der Waals surface area (Å²) in [5.74, 6) is -1.12. The maximum atomic E-state index is 13.7. The molecule has 0 aliphatic rings. The summed E-state index contributed by atoms with van der Waals surface area (Å²) in [4.78, 5) is 11.4. The Hall–Kier alpha value is -1.62. The second-order valence-corrected chi connectivity index (χ2v) is 2.79. The number of ether oxygens (including phenoxy) is 2. The van der Waals surface area contributed by atoms with Gasteiger partial charge < -0.3 is 15.2 Å². The lowest BCUT2D eigenvalue weighted by Gasteiger charge is -2.10. The molecule has 0 saturated carbocycles. The number of hydrogen-bond donors (Lipinski definition) is 1. The second kappa shape index (κ2) is 4.75. The van der Waals surface area contributed by atoms with E-state index in [1.54, 1.807) is 0 Å². The van der Waals surface area contributed by atoms with E-state index in [0.717, 1.165) is 0 Å². The minimum Gasteiger partial charge on any atom is -0.496 e. The van der Waals surface area contributed by atoms with Crippen LogP contribution in [0.3, 0.4) is 0 Å². The number of ketones is 1. The number of carbonyl (C=O) groups excluding carboxylic acids is 1. The van der Waals surface area contributed by atoms with E-state index in [1.165, 1.54) is 26.4 Å². The van der Waals surface area contributed by atoms with Gasteiger partial charge in [-0.1, -0.05) is 0 Å². The van der Waals surface area contributed by atoms with Crippen LogP contribution in [-0.2, 0) is 0 Å². The van der Waals surface area contributed by atoms with E-state index in [1.807, 2.05) is 0 Å². The molecule has 0 fully saturated rings. The lowest BCUT2D eigenvalue weighted by molar-refractivity contribution is 0.0993. The highest BCUT2D eigenvalue weighted by Crippen LogP contribution is 2.28. The third kappa shape index (κ3) is 2.07. The van der Waals surface area contributed by atoms with E-state index < -0.39 is 11.6 Å². The first kappa shape index (κ1) is 11.5. The number of Topliss-reactive ketones (excluding diaryl/α,β-unsaturated/α-hetero) is 1. The average molecular weight is 213 g/mol. The monoisotopic (exact) mass is 213 g/mol. The second-order valence-electron chi connectivity index (χ2n) is 2.79. The van der Waals surface area contributed by atoms with Crippen molar-refractivity contribution in [1.29, 1.82) is 0 Å². The van der Waals surface area contributed by atoms with Crippen molar-refractivity contribution in [3.05, 3.63) is 23.5 Å². The predicted octanol–water partition coefficient (Wildman–Crippen LogP) is 0.984. The highest BCUT2D eigenvalue weighted by molar-refractivity contribution is 6.00. The summed E-state index contributed by atoms with van der Waals surface area (Å²) in [7, 11) is 2.68. The van der Waals surface area contributed by atoms with Gasteiger partial charge in [0.2, 0.25) is 0 Å². The standard InChI is InChI=1S/C10H12FNO3/c1-14-7-3-4-8(15-2)10(11)9(7)6(13)5-12/h3-4H,5,12H2,1-2H3. The molecule has 0 unspecified atom stereocenters. The van der Waals surface area contributed by atoms with Crippen LogP contribution in [0.5, 0.6) is 11.5 Å². The molecule has 0 spiro atoms. The molecule has 15 heavy (non-hydrogen) atoms. The van der Waals surface area contributed by atoms with Gasteiger partial charge in [0.25, 0.3) is 0 Å². The molecule has 0 bridgehead atoms. The molecule has 0 heterocycles. The van der Waals surface area contributed by atoms with Gasteiger partial charge in [0.05, 0.1) is 20.8 Å². The van der Waals surface area contributed by atoms with Gasteiger partial charge in [0.1, 0.15) is 11.3 Å². The van der Waals surface area contributed by atoms with Crippen molar-refractivity contribution in [2.45, 2.75) is 0 Å². The summed E-state index contributed by atoms with van der Waals surface area (Å²) in [5, 5.41) is 0. The summed E-state index contributed by atoms with van der Waals surface area (Å²) in [6.07, 6.45) is 0. The number of carbonyl (C=O) groups is 1. The fraction of sp³-hybridized carbons (Fsp3) is 0.300. The van der Waals surface area contributed by atoms with Crippen LogP contribution in [0.15, 0.2) is 12.1 Å². The Balaban J connectivity index is 3.35. The van der Waals surface area contributed by atoms with E-state index in [4.69, 9.17) is 15.2 Å². The number of methoxy groups -OCH3 is 2. The van der Waals surface area contributed by atoms with Gasteiger partial charge in [-0.25, -0.2) is 4.39 Å². The molecule has 0 amide bonds. The van der Waals surface area contributed by atoms with Crippen LogP contribution >= 0.6 is 0 Å². The Morgan fingerprint density at radius 3 is 2.33 bits per heavy atom. The molecule has 0 radical (unpaired) electrons. The van der Waals surface area contributed by atoms with Gasteiger partial charge in [-0.05, 0) is 12.1 Å². The molecule has 1 rings (SSSR count). The summed E-state index contributed by atoms with van der Waals surface area (Å²) in [6.45, 7) is -0.277. The molecular weight excluding hydrogens is 201 g/mol. The Morgan fingerprint density at radius 2 is 1.87 bits per heavy atom. The number of benzene rings is 1. The van der Waals surface area contributed by atoms with Crippen LogP contribution < -0.4 is 15.2 Å². The molecule has 82 valence electrons. The van der Waals surface area contributed by atoms with Gasteiger partial charge in [-0.2, -0.15) is 0 Å². The Morgan fingerprint density at radius 1 is 1.33 bits per heavy atom. The molecule has 0 aliphatic heterocycles. The molecular formula is C10H12FNO3. The summed E-state index contributed by atoms with van der Waals surface area (Å²) < 4.78 is 23.3.